The number of halogens is 2. The molecule has 0 aliphatic carbocycles. The van der Waals surface area contributed by atoms with Gasteiger partial charge in [-0.25, -0.2) is 4.79 Å². The largest absolute Gasteiger partial charge is 0.452 e. The van der Waals surface area contributed by atoms with Crippen LogP contribution in [0.3, 0.4) is 0 Å². The van der Waals surface area contributed by atoms with Gasteiger partial charge >= 0.3 is 5.97 Å². The van der Waals surface area contributed by atoms with Gasteiger partial charge in [0, 0.05) is 28.8 Å². The molecule has 0 aliphatic rings. The number of aliphatic hydroxyl groups is 1. The van der Waals surface area contributed by atoms with Crippen LogP contribution in [0.1, 0.15) is 15.9 Å². The summed E-state index contributed by atoms with van der Waals surface area (Å²) >= 11 is 11.9. The molecular weight excluding hydrogens is 391 g/mol. The highest BCUT2D eigenvalue weighted by Crippen LogP contribution is 2.21. The Morgan fingerprint density at radius 1 is 1.07 bits per heavy atom. The summed E-state index contributed by atoms with van der Waals surface area (Å²) in [5.41, 5.74) is 1.70. The summed E-state index contributed by atoms with van der Waals surface area (Å²) in [5, 5.41) is 15.6. The predicted molar refractivity (Wildman–Crippen MR) is 105 cm³/mol. The highest BCUT2D eigenvalue weighted by Gasteiger charge is 2.14. The lowest BCUT2D eigenvalue weighted by Gasteiger charge is -2.11. The summed E-state index contributed by atoms with van der Waals surface area (Å²) < 4.78 is 5.06. The van der Waals surface area contributed by atoms with E-state index in [1.54, 1.807) is 42.5 Å². The molecule has 8 heteroatoms. The van der Waals surface area contributed by atoms with Crippen LogP contribution in [0.2, 0.25) is 10.0 Å². The summed E-state index contributed by atoms with van der Waals surface area (Å²) in [6, 6.07) is 11.9. The molecule has 0 radical (unpaired) electrons. The number of ether oxygens (including phenoxy) is 1. The van der Waals surface area contributed by atoms with Gasteiger partial charge in [-0.05, 0) is 36.2 Å². The molecule has 0 bridgehead atoms. The summed E-state index contributed by atoms with van der Waals surface area (Å²) in [5.74, 6) is -1.03. The maximum Gasteiger partial charge on any atom is 0.340 e. The number of rotatable bonds is 9. The minimum Gasteiger partial charge on any atom is -0.452 e. The Kier molecular flexibility index (Phi) is 8.39. The molecule has 2 rings (SSSR count). The van der Waals surface area contributed by atoms with E-state index in [0.717, 1.165) is 5.56 Å². The SMILES string of the molecule is O=C(COC(=O)c1ccccc1NCCO)NCCc1ccc(Cl)cc1Cl. The lowest BCUT2D eigenvalue weighted by Crippen LogP contribution is -2.30. The zero-order chi connectivity index (χ0) is 19.6. The minimum absolute atomic E-state index is 0.0660. The molecule has 0 fully saturated rings. The first-order valence-corrected chi connectivity index (χ1v) is 9.08. The zero-order valence-electron chi connectivity index (χ0n) is 14.5. The number of nitrogens with one attached hydrogen (secondary N) is 2. The predicted octanol–water partition coefficient (Wildman–Crippen LogP) is 2.91. The fourth-order valence-electron chi connectivity index (χ4n) is 2.33. The van der Waals surface area contributed by atoms with Gasteiger partial charge in [-0.3, -0.25) is 4.79 Å². The second-order valence-electron chi connectivity index (χ2n) is 5.61. The fraction of sp³-hybridized carbons (Fsp3) is 0.263. The number of amides is 1. The molecule has 0 heterocycles. The molecule has 0 saturated carbocycles. The summed E-state index contributed by atoms with van der Waals surface area (Å²) in [7, 11) is 0. The number of hydrogen-bond acceptors (Lipinski definition) is 5. The zero-order valence-corrected chi connectivity index (χ0v) is 16.0. The summed E-state index contributed by atoms with van der Waals surface area (Å²) in [4.78, 5) is 24.0. The number of benzene rings is 2. The Balaban J connectivity index is 1.79. The second-order valence-corrected chi connectivity index (χ2v) is 6.45. The Bertz CT molecular complexity index is 799. The number of aliphatic hydroxyl groups excluding tert-OH is 1. The lowest BCUT2D eigenvalue weighted by molar-refractivity contribution is -0.124. The van der Waals surface area contributed by atoms with E-state index in [1.807, 2.05) is 0 Å². The van der Waals surface area contributed by atoms with Crippen LogP contribution >= 0.6 is 23.2 Å². The Hall–Kier alpha value is -2.28. The van der Waals surface area contributed by atoms with Gasteiger partial charge in [-0.2, -0.15) is 0 Å². The molecule has 1 amide bonds. The fourth-order valence-corrected chi connectivity index (χ4v) is 2.83. The number of hydrogen-bond donors (Lipinski definition) is 3. The maximum atomic E-state index is 12.2. The molecule has 3 N–H and O–H groups in total. The maximum absolute atomic E-state index is 12.2. The van der Waals surface area contributed by atoms with Crippen molar-refractivity contribution in [2.24, 2.45) is 0 Å². The molecule has 2 aromatic carbocycles. The van der Waals surface area contributed by atoms with Crippen molar-refractivity contribution in [3.63, 3.8) is 0 Å². The van der Waals surface area contributed by atoms with Crippen LogP contribution in [0.15, 0.2) is 42.5 Å². The molecule has 27 heavy (non-hydrogen) atoms. The van der Waals surface area contributed by atoms with Crippen molar-refractivity contribution >= 4 is 40.8 Å². The molecule has 2 aromatic rings. The van der Waals surface area contributed by atoms with Crippen molar-refractivity contribution < 1.29 is 19.4 Å². The van der Waals surface area contributed by atoms with Gasteiger partial charge in [0.15, 0.2) is 6.61 Å². The van der Waals surface area contributed by atoms with Crippen LogP contribution in [0.5, 0.6) is 0 Å². The smallest absolute Gasteiger partial charge is 0.340 e. The molecular formula is C19H20Cl2N2O4. The van der Waals surface area contributed by atoms with E-state index < -0.39 is 11.9 Å². The van der Waals surface area contributed by atoms with Crippen LogP contribution in [-0.4, -0.2) is 43.3 Å². The normalized spacial score (nSPS) is 10.3. The monoisotopic (exact) mass is 410 g/mol. The summed E-state index contributed by atoms with van der Waals surface area (Å²) in [6.45, 7) is 0.204. The highest BCUT2D eigenvalue weighted by atomic mass is 35.5. The van der Waals surface area contributed by atoms with Gasteiger partial charge in [-0.1, -0.05) is 41.4 Å². The van der Waals surface area contributed by atoms with E-state index >= 15 is 0 Å². The number of carbonyl (C=O) groups excluding carboxylic acids is 2. The lowest BCUT2D eigenvalue weighted by atomic mass is 10.1. The van der Waals surface area contributed by atoms with Gasteiger partial charge in [0.2, 0.25) is 0 Å². The van der Waals surface area contributed by atoms with E-state index in [1.165, 1.54) is 0 Å². The van der Waals surface area contributed by atoms with Crippen molar-refractivity contribution in [1.29, 1.82) is 0 Å². The molecule has 6 nitrogen and oxygen atoms in total. The Morgan fingerprint density at radius 2 is 1.85 bits per heavy atom. The van der Waals surface area contributed by atoms with E-state index in [9.17, 15) is 9.59 Å². The standard InChI is InChI=1S/C19H20Cl2N2O4/c20-14-6-5-13(16(21)11-14)7-8-23-18(25)12-27-19(26)15-3-1-2-4-17(15)22-9-10-24/h1-6,11,22,24H,7-10,12H2,(H,23,25). The second kappa shape index (κ2) is 10.8. The molecule has 0 saturated heterocycles. The Labute approximate surface area is 167 Å². The van der Waals surface area contributed by atoms with Crippen molar-refractivity contribution in [3.8, 4) is 0 Å². The molecule has 0 unspecified atom stereocenters. The van der Waals surface area contributed by atoms with E-state index in [4.69, 9.17) is 33.0 Å². The third kappa shape index (κ3) is 6.75. The first-order chi connectivity index (χ1) is 13.0. The van der Waals surface area contributed by atoms with Crippen molar-refractivity contribution in [2.75, 3.05) is 31.6 Å². The van der Waals surface area contributed by atoms with Crippen molar-refractivity contribution in [1.82, 2.24) is 5.32 Å². The first kappa shape index (κ1) is 21.0. The average Bonchev–Trinajstić information content (AvgIpc) is 2.66. The van der Waals surface area contributed by atoms with Crippen LogP contribution in [-0.2, 0) is 16.0 Å². The number of esters is 1. The van der Waals surface area contributed by atoms with Gasteiger partial charge in [0.1, 0.15) is 0 Å². The number of carbonyl (C=O) groups is 2. The molecule has 144 valence electrons. The van der Waals surface area contributed by atoms with Crippen LogP contribution in [0.4, 0.5) is 5.69 Å². The van der Waals surface area contributed by atoms with E-state index in [2.05, 4.69) is 10.6 Å². The van der Waals surface area contributed by atoms with Crippen LogP contribution in [0, 0.1) is 0 Å². The average molecular weight is 411 g/mol. The van der Waals surface area contributed by atoms with Crippen LogP contribution < -0.4 is 10.6 Å². The van der Waals surface area contributed by atoms with Gasteiger partial charge in [0.05, 0.1) is 12.2 Å². The topological polar surface area (TPSA) is 87.7 Å². The molecule has 0 aromatic heterocycles. The molecule has 0 aliphatic heterocycles. The van der Waals surface area contributed by atoms with Crippen molar-refractivity contribution in [3.05, 3.63) is 63.6 Å². The van der Waals surface area contributed by atoms with Gasteiger partial charge in [-0.15, -0.1) is 0 Å². The van der Waals surface area contributed by atoms with Crippen molar-refractivity contribution in [2.45, 2.75) is 6.42 Å². The quantitative estimate of drug-likeness (QED) is 0.553. The molecule has 0 atom stereocenters. The molecule has 0 spiro atoms. The van der Waals surface area contributed by atoms with E-state index in [0.29, 0.717) is 40.8 Å². The number of anilines is 1. The third-order valence-corrected chi connectivity index (χ3v) is 4.23. The van der Waals surface area contributed by atoms with Gasteiger partial charge < -0.3 is 20.5 Å². The van der Waals surface area contributed by atoms with E-state index in [-0.39, 0.29) is 13.2 Å². The van der Waals surface area contributed by atoms with Gasteiger partial charge in [0.25, 0.3) is 5.91 Å². The first-order valence-electron chi connectivity index (χ1n) is 8.32. The minimum atomic E-state index is -0.619. The summed E-state index contributed by atoms with van der Waals surface area (Å²) in [6.07, 6.45) is 0.531. The van der Waals surface area contributed by atoms with Crippen LogP contribution in [0.25, 0.3) is 0 Å². The highest BCUT2D eigenvalue weighted by molar-refractivity contribution is 6.35. The number of para-hydroxylation sites is 1. The third-order valence-electron chi connectivity index (χ3n) is 3.64. The Morgan fingerprint density at radius 3 is 2.59 bits per heavy atom.